The van der Waals surface area contributed by atoms with Crippen molar-refractivity contribution in [2.24, 2.45) is 0 Å². The number of ether oxygens (including phenoxy) is 2. The second-order valence-electron chi connectivity index (χ2n) is 9.99. The van der Waals surface area contributed by atoms with Gasteiger partial charge in [-0.1, -0.05) is 24.6 Å². The summed E-state index contributed by atoms with van der Waals surface area (Å²) in [6, 6.07) is 9.08. The Labute approximate surface area is 189 Å². The standard InChI is InChI=1S/C26H29NO4S/c1-6-17-15(3)21-19-13-20(25-24(19)30-26(4,5)31-25)22(21)23-18(17)11-12-27(23)32(28,29)16-9-7-14(2)8-10-16/h7-12,19-20,24-25H,6,13H2,1-5H3/t19-,20+,24+,25-/m0/s1. The maximum Gasteiger partial charge on any atom is 0.268 e. The molecule has 168 valence electrons. The highest BCUT2D eigenvalue weighted by Crippen LogP contribution is 2.62. The third-order valence-corrected chi connectivity index (χ3v) is 9.41. The van der Waals surface area contributed by atoms with E-state index in [-0.39, 0.29) is 24.0 Å². The fourth-order valence-electron chi connectivity index (χ4n) is 6.49. The summed E-state index contributed by atoms with van der Waals surface area (Å²) in [6.07, 6.45) is 3.57. The summed E-state index contributed by atoms with van der Waals surface area (Å²) in [5.41, 5.74) is 6.85. The molecular weight excluding hydrogens is 422 g/mol. The molecule has 6 heteroatoms. The normalized spacial score (nSPS) is 27.8. The fourth-order valence-corrected chi connectivity index (χ4v) is 7.86. The van der Waals surface area contributed by atoms with Gasteiger partial charge >= 0.3 is 0 Å². The first kappa shape index (κ1) is 20.5. The van der Waals surface area contributed by atoms with Gasteiger partial charge in [-0.05, 0) is 81.0 Å². The van der Waals surface area contributed by atoms with Gasteiger partial charge in [-0.3, -0.25) is 0 Å². The lowest BCUT2D eigenvalue weighted by atomic mass is 9.81. The van der Waals surface area contributed by atoms with Crippen LogP contribution in [0.25, 0.3) is 10.9 Å². The van der Waals surface area contributed by atoms with Gasteiger partial charge in [0, 0.05) is 23.4 Å². The third kappa shape index (κ3) is 2.54. The zero-order chi connectivity index (χ0) is 22.6. The Balaban J connectivity index is 1.63. The van der Waals surface area contributed by atoms with Crippen molar-refractivity contribution in [1.82, 2.24) is 3.97 Å². The van der Waals surface area contributed by atoms with Crippen molar-refractivity contribution in [3.63, 3.8) is 0 Å². The molecule has 2 aromatic carbocycles. The molecule has 3 aliphatic rings. The van der Waals surface area contributed by atoms with Crippen molar-refractivity contribution in [3.05, 3.63) is 64.3 Å². The number of hydrogen-bond acceptors (Lipinski definition) is 4. The molecule has 0 N–H and O–H groups in total. The minimum Gasteiger partial charge on any atom is -0.344 e. The summed E-state index contributed by atoms with van der Waals surface area (Å²) in [6.45, 7) is 10.2. The van der Waals surface area contributed by atoms with E-state index in [1.54, 1.807) is 18.3 Å². The van der Waals surface area contributed by atoms with Gasteiger partial charge in [0.1, 0.15) is 0 Å². The van der Waals surface area contributed by atoms with Crippen LogP contribution in [0.1, 0.15) is 66.8 Å². The maximum absolute atomic E-state index is 13.7. The van der Waals surface area contributed by atoms with Crippen molar-refractivity contribution in [2.45, 2.75) is 82.2 Å². The van der Waals surface area contributed by atoms with Gasteiger partial charge < -0.3 is 9.47 Å². The van der Waals surface area contributed by atoms with E-state index in [2.05, 4.69) is 13.8 Å². The highest BCUT2D eigenvalue weighted by Gasteiger charge is 2.60. The second kappa shape index (κ2) is 6.46. The first-order chi connectivity index (χ1) is 15.1. The Morgan fingerprint density at radius 1 is 1.00 bits per heavy atom. The Morgan fingerprint density at radius 2 is 1.62 bits per heavy atom. The average Bonchev–Trinajstić information content (AvgIpc) is 3.46. The lowest BCUT2D eigenvalue weighted by molar-refractivity contribution is -0.153. The van der Waals surface area contributed by atoms with Crippen LogP contribution in [0.15, 0.2) is 41.4 Å². The Bertz CT molecular complexity index is 1370. The van der Waals surface area contributed by atoms with E-state index in [4.69, 9.17) is 9.47 Å². The highest BCUT2D eigenvalue weighted by molar-refractivity contribution is 7.90. The molecule has 2 fully saturated rings. The minimum atomic E-state index is -3.72. The van der Waals surface area contributed by atoms with Crippen molar-refractivity contribution in [3.8, 4) is 0 Å². The highest BCUT2D eigenvalue weighted by atomic mass is 32.2. The molecule has 32 heavy (non-hydrogen) atoms. The van der Waals surface area contributed by atoms with E-state index in [9.17, 15) is 8.42 Å². The van der Waals surface area contributed by atoms with E-state index in [1.807, 2.05) is 39.0 Å². The number of nitrogens with zero attached hydrogens (tertiary/aromatic N) is 1. The van der Waals surface area contributed by atoms with Gasteiger partial charge in [-0.25, -0.2) is 12.4 Å². The van der Waals surface area contributed by atoms with E-state index in [1.165, 1.54) is 20.7 Å². The van der Waals surface area contributed by atoms with Crippen LogP contribution in [0.4, 0.5) is 0 Å². The molecule has 6 rings (SSSR count). The predicted molar refractivity (Wildman–Crippen MR) is 124 cm³/mol. The molecule has 2 aliphatic carbocycles. The third-order valence-electron chi connectivity index (χ3n) is 7.72. The maximum atomic E-state index is 13.7. The SMILES string of the molecule is CCc1c(C)c2c(c3c1ccn3S(=O)(=O)c1ccc(C)cc1)[C@H]1C[C@@H]2[C@H]2OC(C)(C)O[C@H]21. The van der Waals surface area contributed by atoms with E-state index in [0.717, 1.165) is 34.9 Å². The molecule has 2 heterocycles. The fraction of sp³-hybridized carbons (Fsp3) is 0.462. The summed E-state index contributed by atoms with van der Waals surface area (Å²) in [4.78, 5) is 0.315. The molecule has 0 amide bonds. The molecule has 0 unspecified atom stereocenters. The van der Waals surface area contributed by atoms with Gasteiger partial charge in [-0.2, -0.15) is 0 Å². The molecule has 0 spiro atoms. The van der Waals surface area contributed by atoms with E-state index < -0.39 is 15.8 Å². The summed E-state index contributed by atoms with van der Waals surface area (Å²) in [7, 11) is -3.72. The van der Waals surface area contributed by atoms with Crippen LogP contribution in [0.2, 0.25) is 0 Å². The van der Waals surface area contributed by atoms with Gasteiger partial charge in [-0.15, -0.1) is 0 Å². The molecule has 3 aromatic rings. The topological polar surface area (TPSA) is 57.5 Å². The summed E-state index contributed by atoms with van der Waals surface area (Å²) in [5.74, 6) is -0.206. The molecule has 0 radical (unpaired) electrons. The van der Waals surface area contributed by atoms with E-state index >= 15 is 0 Å². The zero-order valence-corrected chi connectivity index (χ0v) is 20.0. The molecule has 2 bridgehead atoms. The first-order valence-electron chi connectivity index (χ1n) is 11.5. The molecule has 4 atom stereocenters. The van der Waals surface area contributed by atoms with Crippen LogP contribution in [0.5, 0.6) is 0 Å². The quantitative estimate of drug-likeness (QED) is 0.552. The number of fused-ring (bicyclic) bond motifs is 10. The van der Waals surface area contributed by atoms with Crippen LogP contribution in [-0.4, -0.2) is 30.4 Å². The molecule has 1 saturated heterocycles. The monoisotopic (exact) mass is 451 g/mol. The largest absolute Gasteiger partial charge is 0.344 e. The molecular formula is C26H29NO4S. The lowest BCUT2D eigenvalue weighted by Crippen LogP contribution is -2.30. The Morgan fingerprint density at radius 3 is 2.25 bits per heavy atom. The number of rotatable bonds is 3. The van der Waals surface area contributed by atoms with Crippen LogP contribution in [0, 0.1) is 13.8 Å². The molecule has 5 nitrogen and oxygen atoms in total. The number of aryl methyl sites for hydroxylation is 2. The number of benzene rings is 2. The summed E-state index contributed by atoms with van der Waals surface area (Å²) < 4.78 is 41.7. The molecule has 1 aromatic heterocycles. The van der Waals surface area contributed by atoms with Gasteiger partial charge in [0.2, 0.25) is 0 Å². The minimum absolute atomic E-state index is 0.0250. The lowest BCUT2D eigenvalue weighted by Gasteiger charge is -2.29. The second-order valence-corrected chi connectivity index (χ2v) is 11.8. The summed E-state index contributed by atoms with van der Waals surface area (Å²) >= 11 is 0. The predicted octanol–water partition coefficient (Wildman–Crippen LogP) is 5.16. The Kier molecular flexibility index (Phi) is 4.13. The Hall–Kier alpha value is -2.15. The molecule has 1 saturated carbocycles. The number of aromatic nitrogens is 1. The van der Waals surface area contributed by atoms with Crippen LogP contribution < -0.4 is 0 Å². The van der Waals surface area contributed by atoms with Crippen molar-refractivity contribution >= 4 is 20.9 Å². The zero-order valence-electron chi connectivity index (χ0n) is 19.2. The van der Waals surface area contributed by atoms with E-state index in [0.29, 0.717) is 4.90 Å². The van der Waals surface area contributed by atoms with Crippen LogP contribution in [-0.2, 0) is 25.9 Å². The van der Waals surface area contributed by atoms with Crippen molar-refractivity contribution in [2.75, 3.05) is 0 Å². The van der Waals surface area contributed by atoms with Gasteiger partial charge in [0.25, 0.3) is 10.0 Å². The summed E-state index contributed by atoms with van der Waals surface area (Å²) in [5, 5.41) is 1.04. The van der Waals surface area contributed by atoms with Gasteiger partial charge in [0.05, 0.1) is 22.6 Å². The van der Waals surface area contributed by atoms with Crippen LogP contribution >= 0.6 is 0 Å². The average molecular weight is 452 g/mol. The van der Waals surface area contributed by atoms with Gasteiger partial charge in [0.15, 0.2) is 5.79 Å². The van der Waals surface area contributed by atoms with Crippen molar-refractivity contribution < 1.29 is 17.9 Å². The smallest absolute Gasteiger partial charge is 0.268 e. The molecule has 1 aliphatic heterocycles. The van der Waals surface area contributed by atoms with Crippen molar-refractivity contribution in [1.29, 1.82) is 0 Å². The number of hydrogen-bond donors (Lipinski definition) is 0. The first-order valence-corrected chi connectivity index (χ1v) is 12.9. The van der Waals surface area contributed by atoms with Crippen LogP contribution in [0.3, 0.4) is 0 Å².